The Morgan fingerprint density at radius 3 is 2.46 bits per heavy atom. The number of carbonyl (C=O) groups is 1. The number of nitrogens with one attached hydrogen (secondary N) is 1. The van der Waals surface area contributed by atoms with Crippen molar-refractivity contribution in [1.29, 1.82) is 0 Å². The molecule has 0 atom stereocenters. The van der Waals surface area contributed by atoms with Crippen molar-refractivity contribution in [1.82, 2.24) is 5.32 Å². The second-order valence-electron chi connectivity index (χ2n) is 2.20. The molecule has 0 unspecified atom stereocenters. The molecular weight excluding hydrogens is 163 g/mol. The zero-order chi connectivity index (χ0) is 10.3. The maximum absolute atomic E-state index is 10.5. The number of carbonyl (C=O) groups excluding carboxylic acids is 1. The normalized spacial score (nSPS) is 12.0. The zero-order valence-electron chi connectivity index (χ0n) is 7.29. The van der Waals surface area contributed by atoms with Crippen molar-refractivity contribution in [3.63, 3.8) is 0 Å². The molecule has 3 nitrogen and oxygen atoms in total. The van der Waals surface area contributed by atoms with Crippen LogP contribution in [0.15, 0.2) is 48.9 Å². The van der Waals surface area contributed by atoms with Crippen molar-refractivity contribution in [2.75, 3.05) is 0 Å². The van der Waals surface area contributed by atoms with Gasteiger partial charge in [-0.2, -0.15) is 0 Å². The second-order valence-corrected chi connectivity index (χ2v) is 2.20. The first kappa shape index (κ1) is 11.3. The van der Waals surface area contributed by atoms with Crippen LogP contribution in [0.4, 0.5) is 4.79 Å². The summed E-state index contributed by atoms with van der Waals surface area (Å²) in [5.41, 5.74) is 6.36. The molecule has 0 spiro atoms. The van der Waals surface area contributed by atoms with Crippen molar-refractivity contribution in [3.05, 3.63) is 48.9 Å². The molecule has 0 aromatic rings. The van der Waals surface area contributed by atoms with Gasteiger partial charge < -0.3 is 11.1 Å². The molecule has 66 valence electrons. The minimum atomic E-state index is -0.652. The molecule has 0 aromatic carbocycles. The second kappa shape index (κ2) is 5.88. The molecule has 0 rings (SSSR count). The highest BCUT2D eigenvalue weighted by molar-refractivity contribution is 6.57. The molecule has 0 saturated heterocycles. The van der Waals surface area contributed by atoms with E-state index in [0.717, 1.165) is 0 Å². The van der Waals surface area contributed by atoms with E-state index < -0.39 is 5.81 Å². The van der Waals surface area contributed by atoms with Crippen molar-refractivity contribution in [2.24, 2.45) is 5.73 Å². The third kappa shape index (κ3) is 5.55. The summed E-state index contributed by atoms with van der Waals surface area (Å²) in [5, 5.41) is 2.37. The fourth-order valence-electron chi connectivity index (χ4n) is 0.634. The van der Waals surface area contributed by atoms with Crippen LogP contribution in [0.2, 0.25) is 0 Å². The van der Waals surface area contributed by atoms with Gasteiger partial charge in [0.05, 0.1) is 0 Å². The van der Waals surface area contributed by atoms with Crippen LogP contribution in [0.5, 0.6) is 0 Å². The van der Waals surface area contributed by atoms with Crippen LogP contribution in [0.3, 0.4) is 0 Å². The number of allylic oxidation sites excluding steroid dienone is 4. The minimum Gasteiger partial charge on any atom is -0.399 e. The average Bonchev–Trinajstić information content (AvgIpc) is 2.03. The van der Waals surface area contributed by atoms with Gasteiger partial charge in [-0.1, -0.05) is 19.2 Å². The Balaban J connectivity index is 4.62. The quantitative estimate of drug-likeness (QED) is 0.492. The van der Waals surface area contributed by atoms with E-state index in [2.05, 4.69) is 18.5 Å². The number of hydrogen-bond acceptors (Lipinski definition) is 2. The lowest BCUT2D eigenvalue weighted by Gasteiger charge is -2.02. The summed E-state index contributed by atoms with van der Waals surface area (Å²) in [5.74, 6) is -0.652. The van der Waals surface area contributed by atoms with E-state index in [1.54, 1.807) is 6.08 Å². The summed E-state index contributed by atoms with van der Waals surface area (Å²) in [6.07, 6.45) is 6.07. The topological polar surface area (TPSA) is 55.1 Å². The zero-order valence-corrected chi connectivity index (χ0v) is 7.29. The first-order chi connectivity index (χ1) is 6.10. The van der Waals surface area contributed by atoms with Crippen LogP contribution in [0, 0.1) is 0 Å². The lowest BCUT2D eigenvalue weighted by molar-refractivity contribution is 0.262. The standard InChI is InChI=1S/C9H11BN2O/c1-3-5-8(12-9(10)13)6-7(11)4-2/h3-6H,1-2,11H2,(H,12,13)/b7-6+,8-5+. The van der Waals surface area contributed by atoms with Gasteiger partial charge >= 0.3 is 0 Å². The smallest absolute Gasteiger partial charge is 0.201 e. The maximum Gasteiger partial charge on any atom is 0.201 e. The Bertz CT molecular complexity index is 279. The number of hydrogen-bond donors (Lipinski definition) is 2. The van der Waals surface area contributed by atoms with Crippen LogP contribution in [0.1, 0.15) is 0 Å². The Kier molecular flexibility index (Phi) is 5.11. The average molecular weight is 174 g/mol. The van der Waals surface area contributed by atoms with Gasteiger partial charge in [0, 0.05) is 11.4 Å². The van der Waals surface area contributed by atoms with E-state index in [-0.39, 0.29) is 0 Å². The molecule has 0 aliphatic heterocycles. The summed E-state index contributed by atoms with van der Waals surface area (Å²) in [7, 11) is 4.92. The third-order valence-electron chi connectivity index (χ3n) is 1.12. The predicted octanol–water partition coefficient (Wildman–Crippen LogP) is 0.963. The first-order valence-electron chi connectivity index (χ1n) is 3.59. The van der Waals surface area contributed by atoms with Gasteiger partial charge in [0.25, 0.3) is 0 Å². The van der Waals surface area contributed by atoms with Gasteiger partial charge in [-0.15, -0.1) is 0 Å². The molecule has 4 heteroatoms. The lowest BCUT2D eigenvalue weighted by Crippen LogP contribution is -2.20. The van der Waals surface area contributed by atoms with Crippen molar-refractivity contribution < 1.29 is 4.79 Å². The van der Waals surface area contributed by atoms with Crippen molar-refractivity contribution >= 4 is 13.7 Å². The van der Waals surface area contributed by atoms with E-state index in [1.807, 2.05) is 0 Å². The van der Waals surface area contributed by atoms with Crippen molar-refractivity contribution in [2.45, 2.75) is 0 Å². The Morgan fingerprint density at radius 1 is 1.46 bits per heavy atom. The third-order valence-corrected chi connectivity index (χ3v) is 1.12. The molecule has 0 bridgehead atoms. The molecule has 0 saturated carbocycles. The predicted molar refractivity (Wildman–Crippen MR) is 55.0 cm³/mol. The van der Waals surface area contributed by atoms with Gasteiger partial charge in [0.1, 0.15) is 0 Å². The monoisotopic (exact) mass is 174 g/mol. The largest absolute Gasteiger partial charge is 0.399 e. The van der Waals surface area contributed by atoms with E-state index in [0.29, 0.717) is 11.4 Å². The molecule has 0 aliphatic carbocycles. The molecular formula is C9H11BN2O. The first-order valence-corrected chi connectivity index (χ1v) is 3.59. The molecule has 0 heterocycles. The van der Waals surface area contributed by atoms with Crippen LogP contribution in [0.25, 0.3) is 0 Å². The summed E-state index contributed by atoms with van der Waals surface area (Å²) in [6, 6.07) is 0. The highest BCUT2D eigenvalue weighted by atomic mass is 16.1. The molecule has 0 aliphatic rings. The fourth-order valence-corrected chi connectivity index (χ4v) is 0.634. The highest BCUT2D eigenvalue weighted by Gasteiger charge is 1.94. The Morgan fingerprint density at radius 2 is 2.08 bits per heavy atom. The van der Waals surface area contributed by atoms with Gasteiger partial charge in [0.15, 0.2) is 5.81 Å². The van der Waals surface area contributed by atoms with Crippen LogP contribution in [-0.2, 0) is 0 Å². The summed E-state index contributed by atoms with van der Waals surface area (Å²) in [4.78, 5) is 10.5. The Labute approximate surface area is 79.1 Å². The van der Waals surface area contributed by atoms with Gasteiger partial charge in [-0.05, 0) is 18.2 Å². The number of rotatable bonds is 4. The van der Waals surface area contributed by atoms with E-state index >= 15 is 0 Å². The molecule has 1 amide bonds. The lowest BCUT2D eigenvalue weighted by atomic mass is 10.1. The minimum absolute atomic E-state index is 0.432. The molecule has 2 radical (unpaired) electrons. The van der Waals surface area contributed by atoms with Gasteiger partial charge in [-0.25, -0.2) is 0 Å². The summed E-state index contributed by atoms with van der Waals surface area (Å²) < 4.78 is 0. The van der Waals surface area contributed by atoms with Gasteiger partial charge in [0.2, 0.25) is 7.85 Å². The number of nitrogens with two attached hydrogens (primary N) is 1. The van der Waals surface area contributed by atoms with E-state index in [1.165, 1.54) is 18.2 Å². The highest BCUT2D eigenvalue weighted by Crippen LogP contribution is 1.96. The summed E-state index contributed by atoms with van der Waals surface area (Å²) >= 11 is 0. The van der Waals surface area contributed by atoms with Crippen LogP contribution < -0.4 is 11.1 Å². The maximum atomic E-state index is 10.5. The van der Waals surface area contributed by atoms with E-state index in [9.17, 15) is 4.79 Å². The molecule has 0 fully saturated rings. The van der Waals surface area contributed by atoms with Crippen LogP contribution in [-0.4, -0.2) is 13.7 Å². The fraction of sp³-hybridized carbons (Fsp3) is 0. The molecule has 3 N–H and O–H groups in total. The van der Waals surface area contributed by atoms with Crippen molar-refractivity contribution in [3.8, 4) is 0 Å². The molecule has 13 heavy (non-hydrogen) atoms. The Hall–Kier alpha value is -1.71. The van der Waals surface area contributed by atoms with Gasteiger partial charge in [-0.3, -0.25) is 4.79 Å². The molecule has 0 aromatic heterocycles. The van der Waals surface area contributed by atoms with Crippen LogP contribution >= 0.6 is 0 Å². The van der Waals surface area contributed by atoms with E-state index in [4.69, 9.17) is 13.6 Å². The summed E-state index contributed by atoms with van der Waals surface area (Å²) in [6.45, 7) is 6.94. The number of amides is 1. The SMILES string of the molecule is [B]C(=O)NC(/C=C(/N)C=C)=C/C=C.